The first-order chi connectivity index (χ1) is 11.3. The summed E-state index contributed by atoms with van der Waals surface area (Å²) in [5.41, 5.74) is 2.61. The number of carbonyl (C=O) groups excluding carboxylic acids is 1. The number of hydrogen-bond acceptors (Lipinski definition) is 2. The maximum absolute atomic E-state index is 12.5. The third kappa shape index (κ3) is 2.74. The van der Waals surface area contributed by atoms with E-state index in [2.05, 4.69) is 30.3 Å². The summed E-state index contributed by atoms with van der Waals surface area (Å²) in [5, 5.41) is 0. The molecule has 2 aliphatic heterocycles. The Morgan fingerprint density at radius 2 is 1.65 bits per heavy atom. The number of nitrogens with zero attached hydrogens (tertiary/aromatic N) is 1. The van der Waals surface area contributed by atoms with Crippen LogP contribution in [0.5, 0.6) is 5.75 Å². The zero-order chi connectivity index (χ0) is 15.6. The van der Waals surface area contributed by atoms with Gasteiger partial charge in [0, 0.05) is 6.04 Å². The number of amides is 1. The molecule has 2 aromatic rings. The van der Waals surface area contributed by atoms with Crippen molar-refractivity contribution in [2.24, 2.45) is 0 Å². The predicted octanol–water partition coefficient (Wildman–Crippen LogP) is 4.51. The van der Waals surface area contributed by atoms with Crippen LogP contribution in [0.2, 0.25) is 0 Å². The topological polar surface area (TPSA) is 29.5 Å². The molecule has 2 heterocycles. The fraction of sp³-hybridized carbons (Fsp3) is 0.250. The van der Waals surface area contributed by atoms with Gasteiger partial charge in [-0.05, 0) is 42.5 Å². The first kappa shape index (κ1) is 14.1. The van der Waals surface area contributed by atoms with Gasteiger partial charge in [0.2, 0.25) is 0 Å². The molecule has 3 nitrogen and oxygen atoms in total. The average molecular weight is 305 g/mol. The number of para-hydroxylation sites is 1. The zero-order valence-electron chi connectivity index (χ0n) is 12.9. The largest absolute Gasteiger partial charge is 0.415 e. The van der Waals surface area contributed by atoms with Crippen LogP contribution in [0.25, 0.3) is 5.57 Å². The number of hydrogen-bond donors (Lipinski definition) is 0. The van der Waals surface area contributed by atoms with Gasteiger partial charge in [0.1, 0.15) is 5.75 Å². The Hall–Kier alpha value is -2.55. The van der Waals surface area contributed by atoms with E-state index in [1.807, 2.05) is 41.3 Å². The fourth-order valence-corrected chi connectivity index (χ4v) is 3.62. The highest BCUT2D eigenvalue weighted by atomic mass is 16.6. The molecule has 1 saturated heterocycles. The molecule has 2 bridgehead atoms. The minimum absolute atomic E-state index is 0.153. The van der Waals surface area contributed by atoms with Crippen molar-refractivity contribution in [1.29, 1.82) is 0 Å². The lowest BCUT2D eigenvalue weighted by Crippen LogP contribution is -2.44. The number of ether oxygens (including phenoxy) is 1. The van der Waals surface area contributed by atoms with Crippen molar-refractivity contribution in [1.82, 2.24) is 4.90 Å². The summed E-state index contributed by atoms with van der Waals surface area (Å²) >= 11 is 0. The van der Waals surface area contributed by atoms with Crippen LogP contribution >= 0.6 is 0 Å². The quantitative estimate of drug-likeness (QED) is 0.817. The van der Waals surface area contributed by atoms with Crippen LogP contribution in [-0.2, 0) is 0 Å². The predicted molar refractivity (Wildman–Crippen MR) is 90.2 cm³/mol. The van der Waals surface area contributed by atoms with E-state index in [-0.39, 0.29) is 18.2 Å². The lowest BCUT2D eigenvalue weighted by atomic mass is 9.95. The van der Waals surface area contributed by atoms with Gasteiger partial charge < -0.3 is 4.74 Å². The summed E-state index contributed by atoms with van der Waals surface area (Å²) in [4.78, 5) is 14.5. The first-order valence-corrected chi connectivity index (χ1v) is 8.12. The molecule has 0 spiro atoms. The van der Waals surface area contributed by atoms with Crippen molar-refractivity contribution < 1.29 is 9.53 Å². The number of benzene rings is 2. The van der Waals surface area contributed by atoms with Crippen molar-refractivity contribution in [3.05, 3.63) is 72.3 Å². The number of rotatable bonds is 2. The third-order valence-electron chi connectivity index (χ3n) is 4.70. The zero-order valence-corrected chi connectivity index (χ0v) is 12.9. The lowest BCUT2D eigenvalue weighted by Gasteiger charge is -2.33. The van der Waals surface area contributed by atoms with Gasteiger partial charge in [-0.25, -0.2) is 4.79 Å². The van der Waals surface area contributed by atoms with Crippen LogP contribution in [0.3, 0.4) is 0 Å². The van der Waals surface area contributed by atoms with Gasteiger partial charge in [0.15, 0.2) is 0 Å². The van der Waals surface area contributed by atoms with Crippen LogP contribution in [0.15, 0.2) is 66.7 Å². The minimum atomic E-state index is -0.230. The van der Waals surface area contributed by atoms with E-state index in [0.717, 1.165) is 19.3 Å². The van der Waals surface area contributed by atoms with Gasteiger partial charge in [-0.1, -0.05) is 54.6 Å². The van der Waals surface area contributed by atoms with E-state index in [4.69, 9.17) is 4.74 Å². The molecule has 0 aliphatic carbocycles. The van der Waals surface area contributed by atoms with Gasteiger partial charge in [0.25, 0.3) is 0 Å². The summed E-state index contributed by atoms with van der Waals surface area (Å²) in [6.07, 6.45) is 4.98. The van der Waals surface area contributed by atoms with Crippen LogP contribution < -0.4 is 4.74 Å². The highest BCUT2D eigenvalue weighted by Crippen LogP contribution is 2.38. The molecule has 23 heavy (non-hydrogen) atoms. The van der Waals surface area contributed by atoms with Crippen LogP contribution in [0.1, 0.15) is 24.8 Å². The van der Waals surface area contributed by atoms with E-state index in [0.29, 0.717) is 5.75 Å². The Kier molecular flexibility index (Phi) is 3.62. The summed E-state index contributed by atoms with van der Waals surface area (Å²) in [6, 6.07) is 20.1. The average Bonchev–Trinajstić information content (AvgIpc) is 2.87. The van der Waals surface area contributed by atoms with Crippen molar-refractivity contribution in [2.75, 3.05) is 0 Å². The second-order valence-corrected chi connectivity index (χ2v) is 6.15. The second-order valence-electron chi connectivity index (χ2n) is 6.15. The second kappa shape index (κ2) is 5.92. The van der Waals surface area contributed by atoms with Crippen molar-refractivity contribution >= 4 is 11.7 Å². The van der Waals surface area contributed by atoms with Gasteiger partial charge in [0.05, 0.1) is 6.04 Å². The van der Waals surface area contributed by atoms with E-state index < -0.39 is 0 Å². The monoisotopic (exact) mass is 305 g/mol. The Balaban J connectivity index is 1.54. The third-order valence-corrected chi connectivity index (χ3v) is 4.70. The lowest BCUT2D eigenvalue weighted by molar-refractivity contribution is 0.135. The maximum Gasteiger partial charge on any atom is 0.415 e. The Morgan fingerprint density at radius 3 is 2.35 bits per heavy atom. The summed E-state index contributed by atoms with van der Waals surface area (Å²) < 4.78 is 5.53. The maximum atomic E-state index is 12.5. The first-order valence-electron chi connectivity index (χ1n) is 8.12. The Labute approximate surface area is 136 Å². The molecular formula is C20H19NO2. The highest BCUT2D eigenvalue weighted by Gasteiger charge is 2.40. The van der Waals surface area contributed by atoms with Crippen LogP contribution in [0, 0.1) is 0 Å². The standard InChI is InChI=1S/C20H19NO2/c22-20(23-19-9-5-2-6-10-19)21-17-11-12-18(21)14-16(13-17)15-7-3-1-4-8-15/h1-10,13,17-18H,11-12,14H2. The smallest absolute Gasteiger partial charge is 0.410 e. The molecule has 1 amide bonds. The molecule has 2 aromatic carbocycles. The highest BCUT2D eigenvalue weighted by molar-refractivity contribution is 5.76. The van der Waals surface area contributed by atoms with Gasteiger partial charge in [-0.15, -0.1) is 0 Å². The summed E-state index contributed by atoms with van der Waals surface area (Å²) in [5.74, 6) is 0.606. The molecule has 2 aliphatic rings. The molecule has 4 rings (SSSR count). The Bertz CT molecular complexity index is 724. The molecular weight excluding hydrogens is 286 g/mol. The van der Waals surface area contributed by atoms with Gasteiger partial charge >= 0.3 is 6.09 Å². The van der Waals surface area contributed by atoms with Crippen LogP contribution in [-0.4, -0.2) is 23.1 Å². The molecule has 0 aromatic heterocycles. The number of fused-ring (bicyclic) bond motifs is 2. The summed E-state index contributed by atoms with van der Waals surface area (Å²) in [6.45, 7) is 0. The van der Waals surface area contributed by atoms with E-state index in [1.165, 1.54) is 11.1 Å². The van der Waals surface area contributed by atoms with E-state index in [9.17, 15) is 4.79 Å². The van der Waals surface area contributed by atoms with Crippen LogP contribution in [0.4, 0.5) is 4.79 Å². The number of carbonyl (C=O) groups is 1. The van der Waals surface area contributed by atoms with E-state index in [1.54, 1.807) is 0 Å². The molecule has 2 atom stereocenters. The normalized spacial score (nSPS) is 22.6. The molecule has 2 unspecified atom stereocenters. The SMILES string of the molecule is O=C(Oc1ccccc1)N1C2C=C(c3ccccc3)CC1CC2. The van der Waals surface area contributed by atoms with Crippen molar-refractivity contribution in [3.8, 4) is 5.75 Å². The van der Waals surface area contributed by atoms with Crippen molar-refractivity contribution in [3.63, 3.8) is 0 Å². The van der Waals surface area contributed by atoms with Gasteiger partial charge in [-0.2, -0.15) is 0 Å². The molecule has 3 heteroatoms. The minimum Gasteiger partial charge on any atom is -0.410 e. The fourth-order valence-electron chi connectivity index (χ4n) is 3.62. The molecule has 1 fully saturated rings. The molecule has 0 radical (unpaired) electrons. The van der Waals surface area contributed by atoms with Crippen molar-refractivity contribution in [2.45, 2.75) is 31.3 Å². The summed E-state index contributed by atoms with van der Waals surface area (Å²) in [7, 11) is 0. The molecule has 0 N–H and O–H groups in total. The molecule has 0 saturated carbocycles. The van der Waals surface area contributed by atoms with E-state index >= 15 is 0 Å². The van der Waals surface area contributed by atoms with Gasteiger partial charge in [-0.3, -0.25) is 4.90 Å². The molecule has 116 valence electrons. The Morgan fingerprint density at radius 1 is 0.957 bits per heavy atom.